The minimum atomic E-state index is -0.131. The molecule has 0 saturated heterocycles. The van der Waals surface area contributed by atoms with Gasteiger partial charge in [-0.25, -0.2) is 0 Å². The van der Waals surface area contributed by atoms with Crippen LogP contribution in [-0.2, 0) is 11.3 Å². The highest BCUT2D eigenvalue weighted by Gasteiger charge is 2.14. The Balaban J connectivity index is 1.76. The zero-order valence-corrected chi connectivity index (χ0v) is 15.4. The summed E-state index contributed by atoms with van der Waals surface area (Å²) in [5.41, 5.74) is 1.90. The number of methoxy groups -OCH3 is 1. The Labute approximate surface area is 156 Å². The Hall–Kier alpha value is -2.93. The van der Waals surface area contributed by atoms with E-state index in [1.807, 2.05) is 61.5 Å². The molecule has 0 fully saturated rings. The minimum Gasteiger partial charge on any atom is -0.497 e. The molecule has 7 heteroatoms. The Kier molecular flexibility index (Phi) is 5.48. The Morgan fingerprint density at radius 2 is 1.92 bits per heavy atom. The van der Waals surface area contributed by atoms with Gasteiger partial charge in [-0.05, 0) is 49.0 Å². The fraction of sp³-hybridized carbons (Fsp3) is 0.211. The summed E-state index contributed by atoms with van der Waals surface area (Å²) in [5.74, 6) is 1.23. The summed E-state index contributed by atoms with van der Waals surface area (Å²) >= 11 is 5.29. The van der Waals surface area contributed by atoms with Gasteiger partial charge in [-0.2, -0.15) is 5.10 Å². The maximum Gasteiger partial charge on any atom is 0.240 e. The summed E-state index contributed by atoms with van der Waals surface area (Å²) in [4.78, 5) is 12.5. The van der Waals surface area contributed by atoms with Crippen molar-refractivity contribution in [2.24, 2.45) is 0 Å². The lowest BCUT2D eigenvalue weighted by Gasteiger charge is -2.15. The van der Waals surface area contributed by atoms with E-state index in [0.717, 1.165) is 16.9 Å². The number of ether oxygens (including phenoxy) is 1. The molecule has 6 nitrogen and oxygen atoms in total. The van der Waals surface area contributed by atoms with Crippen LogP contribution in [0.5, 0.6) is 5.75 Å². The Morgan fingerprint density at radius 1 is 1.23 bits per heavy atom. The normalized spacial score (nSPS) is 11.8. The lowest BCUT2D eigenvalue weighted by Crippen LogP contribution is -2.30. The van der Waals surface area contributed by atoms with E-state index in [4.69, 9.17) is 17.0 Å². The first-order valence-electron chi connectivity index (χ1n) is 8.22. The molecular weight excluding hydrogens is 348 g/mol. The largest absolute Gasteiger partial charge is 0.497 e. The van der Waals surface area contributed by atoms with Crippen LogP contribution in [0, 0.1) is 4.77 Å². The van der Waals surface area contributed by atoms with Crippen LogP contribution in [-0.4, -0.2) is 27.8 Å². The summed E-state index contributed by atoms with van der Waals surface area (Å²) in [7, 11) is 1.61. The standard InChI is InChI=1S/C19H20N4O2S/c1-13(14-6-4-3-5-7-14)20-17(24)12-23-18(21-22-19(23)26)15-8-10-16(25-2)11-9-15/h3-11,13H,12H2,1-2H3,(H,20,24)(H,22,26). The summed E-state index contributed by atoms with van der Waals surface area (Å²) < 4.78 is 7.26. The van der Waals surface area contributed by atoms with E-state index in [-0.39, 0.29) is 18.5 Å². The smallest absolute Gasteiger partial charge is 0.240 e. The van der Waals surface area contributed by atoms with E-state index in [9.17, 15) is 4.79 Å². The molecule has 0 bridgehead atoms. The Morgan fingerprint density at radius 3 is 2.58 bits per heavy atom. The van der Waals surface area contributed by atoms with Crippen molar-refractivity contribution in [3.63, 3.8) is 0 Å². The summed E-state index contributed by atoms with van der Waals surface area (Å²) in [6, 6.07) is 17.2. The van der Waals surface area contributed by atoms with Crippen LogP contribution < -0.4 is 10.1 Å². The number of rotatable bonds is 6. The third-order valence-electron chi connectivity index (χ3n) is 4.09. The SMILES string of the molecule is COc1ccc(-c2n[nH]c(=S)n2CC(=O)NC(C)c2ccccc2)cc1. The molecule has 26 heavy (non-hydrogen) atoms. The average molecular weight is 368 g/mol. The number of aromatic nitrogens is 3. The molecule has 1 atom stereocenters. The van der Waals surface area contributed by atoms with E-state index >= 15 is 0 Å². The first kappa shape index (κ1) is 17.9. The molecule has 134 valence electrons. The number of nitrogens with one attached hydrogen (secondary N) is 2. The van der Waals surface area contributed by atoms with Crippen molar-refractivity contribution in [3.05, 3.63) is 64.9 Å². The number of nitrogens with zero attached hydrogens (tertiary/aromatic N) is 2. The van der Waals surface area contributed by atoms with E-state index < -0.39 is 0 Å². The molecule has 1 amide bonds. The van der Waals surface area contributed by atoms with Gasteiger partial charge in [-0.3, -0.25) is 14.5 Å². The zero-order chi connectivity index (χ0) is 18.5. The molecule has 1 heterocycles. The lowest BCUT2D eigenvalue weighted by atomic mass is 10.1. The highest BCUT2D eigenvalue weighted by atomic mass is 32.1. The molecule has 0 spiro atoms. The summed E-state index contributed by atoms with van der Waals surface area (Å²) in [6.45, 7) is 2.04. The second kappa shape index (κ2) is 7.97. The third kappa shape index (κ3) is 4.00. The molecule has 0 aliphatic carbocycles. The third-order valence-corrected chi connectivity index (χ3v) is 4.40. The van der Waals surface area contributed by atoms with Crippen LogP contribution >= 0.6 is 12.2 Å². The number of hydrogen-bond acceptors (Lipinski definition) is 4. The lowest BCUT2D eigenvalue weighted by molar-refractivity contribution is -0.122. The molecule has 0 aliphatic rings. The first-order chi connectivity index (χ1) is 12.6. The maximum atomic E-state index is 12.5. The van der Waals surface area contributed by atoms with Gasteiger partial charge in [0.05, 0.1) is 13.2 Å². The van der Waals surface area contributed by atoms with Crippen LogP contribution in [0.15, 0.2) is 54.6 Å². The predicted molar refractivity (Wildman–Crippen MR) is 102 cm³/mol. The fourth-order valence-corrected chi connectivity index (χ4v) is 2.88. The number of carbonyl (C=O) groups is 1. The molecule has 3 aromatic rings. The van der Waals surface area contributed by atoms with Crippen LogP contribution in [0.25, 0.3) is 11.4 Å². The second-order valence-electron chi connectivity index (χ2n) is 5.87. The highest BCUT2D eigenvalue weighted by molar-refractivity contribution is 7.71. The van der Waals surface area contributed by atoms with Crippen LogP contribution in [0.2, 0.25) is 0 Å². The van der Waals surface area contributed by atoms with Gasteiger partial charge in [0.1, 0.15) is 12.3 Å². The monoisotopic (exact) mass is 368 g/mol. The number of aromatic amines is 1. The van der Waals surface area contributed by atoms with Crippen LogP contribution in [0.1, 0.15) is 18.5 Å². The van der Waals surface area contributed by atoms with Gasteiger partial charge in [0.25, 0.3) is 0 Å². The number of hydrogen-bond donors (Lipinski definition) is 2. The van der Waals surface area contributed by atoms with Crippen molar-refractivity contribution in [2.75, 3.05) is 7.11 Å². The molecule has 1 aromatic heterocycles. The molecule has 3 rings (SSSR count). The van der Waals surface area contributed by atoms with E-state index in [1.165, 1.54) is 0 Å². The number of H-pyrrole nitrogens is 1. The molecule has 2 N–H and O–H groups in total. The van der Waals surface area contributed by atoms with Crippen LogP contribution in [0.3, 0.4) is 0 Å². The van der Waals surface area contributed by atoms with E-state index in [0.29, 0.717) is 10.6 Å². The van der Waals surface area contributed by atoms with E-state index in [1.54, 1.807) is 11.7 Å². The zero-order valence-electron chi connectivity index (χ0n) is 14.6. The fourth-order valence-electron chi connectivity index (χ4n) is 2.68. The Bertz CT molecular complexity index is 932. The van der Waals surface area contributed by atoms with Gasteiger partial charge in [-0.15, -0.1) is 0 Å². The summed E-state index contributed by atoms with van der Waals surface area (Å²) in [5, 5.41) is 10.0. The molecule has 0 radical (unpaired) electrons. The summed E-state index contributed by atoms with van der Waals surface area (Å²) in [6.07, 6.45) is 0. The molecule has 0 saturated carbocycles. The van der Waals surface area contributed by atoms with Crippen molar-refractivity contribution in [2.45, 2.75) is 19.5 Å². The van der Waals surface area contributed by atoms with Crippen molar-refractivity contribution in [1.82, 2.24) is 20.1 Å². The quantitative estimate of drug-likeness (QED) is 0.653. The van der Waals surface area contributed by atoms with Crippen molar-refractivity contribution >= 4 is 18.1 Å². The first-order valence-corrected chi connectivity index (χ1v) is 8.63. The van der Waals surface area contributed by atoms with Gasteiger partial charge in [0.2, 0.25) is 5.91 Å². The van der Waals surface area contributed by atoms with Crippen molar-refractivity contribution in [3.8, 4) is 17.1 Å². The van der Waals surface area contributed by atoms with Gasteiger partial charge in [-0.1, -0.05) is 30.3 Å². The van der Waals surface area contributed by atoms with E-state index in [2.05, 4.69) is 15.5 Å². The predicted octanol–water partition coefficient (Wildman–Crippen LogP) is 3.49. The number of amides is 1. The molecule has 1 unspecified atom stereocenters. The second-order valence-corrected chi connectivity index (χ2v) is 6.25. The number of benzene rings is 2. The van der Waals surface area contributed by atoms with Gasteiger partial charge in [0, 0.05) is 5.56 Å². The number of carbonyl (C=O) groups excluding carboxylic acids is 1. The van der Waals surface area contributed by atoms with Gasteiger partial charge < -0.3 is 10.1 Å². The van der Waals surface area contributed by atoms with Crippen molar-refractivity contribution in [1.29, 1.82) is 0 Å². The molecular formula is C19H20N4O2S. The maximum absolute atomic E-state index is 12.5. The van der Waals surface area contributed by atoms with Gasteiger partial charge in [0.15, 0.2) is 10.6 Å². The van der Waals surface area contributed by atoms with Crippen molar-refractivity contribution < 1.29 is 9.53 Å². The van der Waals surface area contributed by atoms with Gasteiger partial charge >= 0.3 is 0 Å². The average Bonchev–Trinajstić information content (AvgIpc) is 3.03. The molecule has 2 aromatic carbocycles. The molecule has 0 aliphatic heterocycles. The highest BCUT2D eigenvalue weighted by Crippen LogP contribution is 2.21. The van der Waals surface area contributed by atoms with Crippen LogP contribution in [0.4, 0.5) is 0 Å². The topological polar surface area (TPSA) is 71.9 Å². The minimum absolute atomic E-state index is 0.0887.